The lowest BCUT2D eigenvalue weighted by Gasteiger charge is -2.02. The maximum atomic E-state index is 12.5. The van der Waals surface area contributed by atoms with Gasteiger partial charge in [0.25, 0.3) is 0 Å². The molecule has 3 aromatic heterocycles. The summed E-state index contributed by atoms with van der Waals surface area (Å²) >= 11 is 1.14. The van der Waals surface area contributed by atoms with Crippen molar-refractivity contribution in [2.24, 2.45) is 0 Å². The molecule has 1 N–H and O–H groups in total. The van der Waals surface area contributed by atoms with Crippen LogP contribution in [0.25, 0.3) is 43.8 Å². The molecule has 9 nitrogen and oxygen atoms in total. The number of hydrogen-bond acceptors (Lipinski definition) is 9. The van der Waals surface area contributed by atoms with Crippen molar-refractivity contribution in [1.29, 1.82) is 0 Å². The summed E-state index contributed by atoms with van der Waals surface area (Å²) < 4.78 is 10.5. The quantitative estimate of drug-likeness (QED) is 0.252. The monoisotopic (exact) mass is 434 g/mol. The Morgan fingerprint density at radius 1 is 0.935 bits per heavy atom. The Bertz CT molecular complexity index is 1630. The van der Waals surface area contributed by atoms with Gasteiger partial charge in [0.15, 0.2) is 5.75 Å². The lowest BCUT2D eigenvalue weighted by molar-refractivity contribution is -0.385. The van der Waals surface area contributed by atoms with E-state index in [-0.39, 0.29) is 27.8 Å². The summed E-state index contributed by atoms with van der Waals surface area (Å²) in [7, 11) is 0. The second-order valence-corrected chi connectivity index (χ2v) is 7.46. The Kier molecular flexibility index (Phi) is 4.15. The number of aromatic nitrogens is 1. The van der Waals surface area contributed by atoms with Crippen molar-refractivity contribution in [2.75, 3.05) is 0 Å². The summed E-state index contributed by atoms with van der Waals surface area (Å²) in [5.41, 5.74) is -0.783. The van der Waals surface area contributed by atoms with E-state index in [9.17, 15) is 24.8 Å². The van der Waals surface area contributed by atoms with Crippen LogP contribution in [0.2, 0.25) is 0 Å². The van der Waals surface area contributed by atoms with Crippen LogP contribution in [0, 0.1) is 10.1 Å². The van der Waals surface area contributed by atoms with Crippen LogP contribution in [-0.4, -0.2) is 15.0 Å². The number of nitro benzene ring substituents is 1. The molecule has 0 aliphatic carbocycles. The average molecular weight is 434 g/mol. The summed E-state index contributed by atoms with van der Waals surface area (Å²) in [4.78, 5) is 39.6. The highest BCUT2D eigenvalue weighted by molar-refractivity contribution is 7.13. The normalized spacial score (nSPS) is 11.2. The summed E-state index contributed by atoms with van der Waals surface area (Å²) in [6.45, 7) is 0. The van der Waals surface area contributed by atoms with Crippen LogP contribution in [0.4, 0.5) is 5.69 Å². The Hall–Kier alpha value is -4.31. The molecule has 10 heteroatoms. The van der Waals surface area contributed by atoms with Gasteiger partial charge < -0.3 is 13.9 Å². The van der Waals surface area contributed by atoms with Crippen molar-refractivity contribution in [3.63, 3.8) is 0 Å². The number of aromatic hydroxyl groups is 1. The van der Waals surface area contributed by atoms with Gasteiger partial charge in [-0.2, -0.15) is 0 Å². The molecule has 0 aliphatic heterocycles. The molecular formula is C21H10N2O7S. The number of nitrogens with zero attached hydrogens (tertiary/aromatic N) is 2. The zero-order chi connectivity index (χ0) is 21.7. The van der Waals surface area contributed by atoms with Gasteiger partial charge >= 0.3 is 16.9 Å². The van der Waals surface area contributed by atoms with Crippen LogP contribution in [-0.2, 0) is 0 Å². The molecule has 0 spiro atoms. The van der Waals surface area contributed by atoms with Crippen molar-refractivity contribution < 1.29 is 18.9 Å². The first-order chi connectivity index (χ1) is 14.9. The second-order valence-electron chi connectivity index (χ2n) is 6.61. The predicted molar refractivity (Wildman–Crippen MR) is 113 cm³/mol. The number of hydrogen-bond donors (Lipinski definition) is 1. The summed E-state index contributed by atoms with van der Waals surface area (Å²) in [6, 6.07) is 12.3. The smallest absolute Gasteiger partial charge is 0.346 e. The fourth-order valence-electron chi connectivity index (χ4n) is 3.20. The molecule has 2 aromatic carbocycles. The minimum absolute atomic E-state index is 0.00229. The van der Waals surface area contributed by atoms with Crippen molar-refractivity contribution in [3.05, 3.63) is 84.9 Å². The Balaban J connectivity index is 1.64. The number of phenols is 1. The standard InChI is InChI=1S/C21H10N2O7S/c24-16-8-18-11(7-15(16)23(27)28)6-12(20(25)30-18)14-9-31-19(22-14)13-5-10-3-1-2-4-17(10)29-21(13)26/h1-9,24H. The fourth-order valence-corrected chi connectivity index (χ4v) is 4.02. The number of thiazole rings is 1. The van der Waals surface area contributed by atoms with E-state index in [1.165, 1.54) is 6.07 Å². The third kappa shape index (κ3) is 3.15. The zero-order valence-corrected chi connectivity index (χ0v) is 16.2. The van der Waals surface area contributed by atoms with Crippen molar-refractivity contribution in [2.45, 2.75) is 0 Å². The molecule has 0 radical (unpaired) electrons. The van der Waals surface area contributed by atoms with E-state index >= 15 is 0 Å². The van der Waals surface area contributed by atoms with Crippen LogP contribution in [0.15, 0.2) is 72.3 Å². The first kappa shape index (κ1) is 18.7. The third-order valence-corrected chi connectivity index (χ3v) is 5.55. The van der Waals surface area contributed by atoms with E-state index in [1.807, 2.05) is 6.07 Å². The molecule has 0 atom stereocenters. The lowest BCUT2D eigenvalue weighted by atomic mass is 10.1. The van der Waals surface area contributed by atoms with Gasteiger partial charge in [-0.05, 0) is 18.2 Å². The van der Waals surface area contributed by atoms with Gasteiger partial charge in [-0.25, -0.2) is 14.6 Å². The molecule has 5 aromatic rings. The first-order valence-corrected chi connectivity index (χ1v) is 9.73. The number of nitro groups is 1. The molecule has 0 bridgehead atoms. The first-order valence-electron chi connectivity index (χ1n) is 8.85. The molecule has 152 valence electrons. The van der Waals surface area contributed by atoms with E-state index in [2.05, 4.69) is 4.98 Å². The van der Waals surface area contributed by atoms with Crippen LogP contribution in [0.1, 0.15) is 0 Å². The maximum absolute atomic E-state index is 12.5. The minimum atomic E-state index is -0.737. The Morgan fingerprint density at radius 3 is 2.45 bits per heavy atom. The number of para-hydroxylation sites is 1. The van der Waals surface area contributed by atoms with Crippen molar-refractivity contribution >= 4 is 39.0 Å². The predicted octanol–water partition coefficient (Wildman–Crippen LogP) is 4.30. The maximum Gasteiger partial charge on any atom is 0.346 e. The third-order valence-electron chi connectivity index (χ3n) is 4.68. The molecule has 0 saturated carbocycles. The van der Waals surface area contributed by atoms with Crippen molar-refractivity contribution in [3.8, 4) is 27.6 Å². The minimum Gasteiger partial charge on any atom is -0.502 e. The Morgan fingerprint density at radius 2 is 1.65 bits per heavy atom. The molecule has 0 aliphatic rings. The number of phenolic OH excluding ortho intramolecular Hbond substituents is 1. The van der Waals surface area contributed by atoms with Gasteiger partial charge in [-0.1, -0.05) is 18.2 Å². The summed E-state index contributed by atoms with van der Waals surface area (Å²) in [6.07, 6.45) is 0. The molecule has 5 rings (SSSR count). The van der Waals surface area contributed by atoms with Gasteiger partial charge in [-0.3, -0.25) is 10.1 Å². The second kappa shape index (κ2) is 6.89. The largest absolute Gasteiger partial charge is 0.502 e. The molecule has 0 saturated heterocycles. The topological polar surface area (TPSA) is 137 Å². The van der Waals surface area contributed by atoms with Crippen LogP contribution < -0.4 is 11.3 Å². The molecule has 31 heavy (non-hydrogen) atoms. The number of benzene rings is 2. The van der Waals surface area contributed by atoms with Gasteiger partial charge in [0.2, 0.25) is 0 Å². The molecule has 0 fully saturated rings. The van der Waals surface area contributed by atoms with Gasteiger partial charge in [0.05, 0.1) is 21.7 Å². The average Bonchev–Trinajstić information content (AvgIpc) is 3.22. The highest BCUT2D eigenvalue weighted by Crippen LogP contribution is 2.33. The Labute approximate surface area is 175 Å². The summed E-state index contributed by atoms with van der Waals surface area (Å²) in [5, 5.41) is 23.7. The van der Waals surface area contributed by atoms with E-state index < -0.39 is 27.6 Å². The van der Waals surface area contributed by atoms with Crippen LogP contribution in [0.5, 0.6) is 5.75 Å². The van der Waals surface area contributed by atoms with E-state index in [0.717, 1.165) is 28.9 Å². The molecule has 0 amide bonds. The van der Waals surface area contributed by atoms with Crippen LogP contribution in [0.3, 0.4) is 0 Å². The van der Waals surface area contributed by atoms with Gasteiger partial charge in [0.1, 0.15) is 16.2 Å². The highest BCUT2D eigenvalue weighted by Gasteiger charge is 2.19. The zero-order valence-electron chi connectivity index (χ0n) is 15.4. The molecular weight excluding hydrogens is 424 g/mol. The summed E-state index contributed by atoms with van der Waals surface area (Å²) in [5.74, 6) is -0.604. The SMILES string of the molecule is O=c1oc2cc(O)c([N+](=O)[O-])cc2cc1-c1csc(-c2cc3ccccc3oc2=O)n1. The number of fused-ring (bicyclic) bond motifs is 2. The van der Waals surface area contributed by atoms with Crippen LogP contribution >= 0.6 is 11.3 Å². The highest BCUT2D eigenvalue weighted by atomic mass is 32.1. The number of rotatable bonds is 3. The van der Waals surface area contributed by atoms with Gasteiger partial charge in [0, 0.05) is 28.3 Å². The lowest BCUT2D eigenvalue weighted by Crippen LogP contribution is -2.04. The molecule has 0 unspecified atom stereocenters. The van der Waals surface area contributed by atoms with E-state index in [0.29, 0.717) is 10.6 Å². The van der Waals surface area contributed by atoms with Crippen molar-refractivity contribution in [1.82, 2.24) is 4.98 Å². The molecule has 3 heterocycles. The fraction of sp³-hybridized carbons (Fsp3) is 0. The van der Waals surface area contributed by atoms with E-state index in [4.69, 9.17) is 8.83 Å². The van der Waals surface area contributed by atoms with Gasteiger partial charge in [-0.15, -0.1) is 11.3 Å². The van der Waals surface area contributed by atoms with E-state index in [1.54, 1.807) is 29.6 Å².